The Morgan fingerprint density at radius 3 is 1.74 bits per heavy atom. The van der Waals surface area contributed by atoms with Crippen molar-refractivity contribution in [3.63, 3.8) is 0 Å². The van der Waals surface area contributed by atoms with Gasteiger partial charge in [0.05, 0.1) is 6.61 Å². The maximum absolute atomic E-state index is 13.9. The second-order valence-corrected chi connectivity index (χ2v) is 11.5. The van der Waals surface area contributed by atoms with Crippen LogP contribution in [-0.2, 0) is 9.53 Å². The molecule has 0 saturated heterocycles. The molecule has 1 atom stereocenters. The number of rotatable bonds is 7. The zero-order valence-corrected chi connectivity index (χ0v) is 21.8. The van der Waals surface area contributed by atoms with Crippen LogP contribution in [0.15, 0.2) is 122 Å². The number of carbonyl (C=O) groups is 1. The summed E-state index contributed by atoms with van der Waals surface area (Å²) in [6, 6.07) is 37.0. The summed E-state index contributed by atoms with van der Waals surface area (Å²) in [6.07, 6.45) is 3.93. The molecule has 176 valence electrons. The molecule has 2 aromatic heterocycles. The maximum Gasteiger partial charge on any atom is 0.354 e. The maximum atomic E-state index is 13.9. The second-order valence-electron chi connectivity index (χ2n) is 8.02. The summed E-state index contributed by atoms with van der Waals surface area (Å²) >= 11 is 0. The summed E-state index contributed by atoms with van der Waals surface area (Å²) in [5.74, 6) is -0.254. The lowest BCUT2D eigenvalue weighted by atomic mass is 10.3. The van der Waals surface area contributed by atoms with E-state index in [2.05, 4.69) is 36.4 Å². The first-order chi connectivity index (χ1) is 16.7. The molecule has 0 bridgehead atoms. The van der Waals surface area contributed by atoms with Gasteiger partial charge in [-0.25, -0.2) is 9.78 Å². The van der Waals surface area contributed by atoms with E-state index in [-0.39, 0.29) is 23.0 Å². The van der Waals surface area contributed by atoms with Gasteiger partial charge in [0.25, 0.3) is 0 Å². The Morgan fingerprint density at radius 1 is 0.800 bits per heavy atom. The van der Waals surface area contributed by atoms with Gasteiger partial charge in [0.15, 0.2) is 0 Å². The normalized spacial score (nSPS) is 12.0. The summed E-state index contributed by atoms with van der Waals surface area (Å²) < 4.78 is 7.73. The molecule has 0 N–H and O–H groups in total. The molecule has 5 aromatic rings. The average molecular weight is 545 g/mol. The molecule has 35 heavy (non-hydrogen) atoms. The number of nitrogens with zero attached hydrogens (tertiary/aromatic N) is 2. The molecule has 5 rings (SSSR count). The van der Waals surface area contributed by atoms with Crippen molar-refractivity contribution in [1.82, 2.24) is 9.38 Å². The molecule has 2 heterocycles. The number of benzene rings is 3. The highest BCUT2D eigenvalue weighted by atomic mass is 79.9. The highest BCUT2D eigenvalue weighted by Gasteiger charge is 2.58. The van der Waals surface area contributed by atoms with E-state index in [1.807, 2.05) is 96.5 Å². The third kappa shape index (κ3) is 4.54. The number of fused-ring (bicyclic) bond motifs is 1. The van der Waals surface area contributed by atoms with Crippen molar-refractivity contribution in [2.75, 3.05) is 6.61 Å². The number of imidazole rings is 1. The van der Waals surface area contributed by atoms with Crippen LogP contribution in [0.4, 0.5) is 0 Å². The van der Waals surface area contributed by atoms with E-state index in [9.17, 15) is 4.79 Å². The first-order valence-corrected chi connectivity index (χ1v) is 13.3. The standard InChI is InChI=1S/C29H26N2O2P.BrH/c1-2-33-29(32)28(26-22-31-21-13-12-20-27(31)30-26)34(23-14-6-3-7-15-23,24-16-8-4-9-17-24)25-18-10-5-11-19-25;/h3-22,28H,2H2,1H3;1H/q+1;/p-1. The lowest BCUT2D eigenvalue weighted by molar-refractivity contribution is -0.142. The summed E-state index contributed by atoms with van der Waals surface area (Å²) in [7, 11) is -2.58. The number of hydrogen-bond donors (Lipinski definition) is 0. The molecule has 0 aliphatic heterocycles. The minimum atomic E-state index is -2.58. The van der Waals surface area contributed by atoms with E-state index in [0.29, 0.717) is 6.61 Å². The minimum Gasteiger partial charge on any atom is -1.00 e. The SMILES string of the molecule is CCOC(=O)C(c1cn2ccccc2n1)[P+](c1ccccc1)(c1ccccc1)c1ccccc1.[Br-]. The van der Waals surface area contributed by atoms with Gasteiger partial charge in [-0.2, -0.15) is 0 Å². The fourth-order valence-corrected chi connectivity index (χ4v) is 9.30. The van der Waals surface area contributed by atoms with Gasteiger partial charge in [-0.1, -0.05) is 60.7 Å². The molecule has 6 heteroatoms. The molecule has 0 aliphatic carbocycles. The van der Waals surface area contributed by atoms with Crippen molar-refractivity contribution in [2.45, 2.75) is 12.6 Å². The monoisotopic (exact) mass is 544 g/mol. The van der Waals surface area contributed by atoms with Gasteiger partial charge in [-0.05, 0) is 55.5 Å². The lowest BCUT2D eigenvalue weighted by Crippen LogP contribution is -3.00. The summed E-state index contributed by atoms with van der Waals surface area (Å²) in [5, 5.41) is 3.34. The van der Waals surface area contributed by atoms with Gasteiger partial charge in [0, 0.05) is 12.4 Å². The second kappa shape index (κ2) is 11.0. The zero-order chi connectivity index (χ0) is 23.4. The van der Waals surface area contributed by atoms with E-state index in [1.165, 1.54) is 0 Å². The van der Waals surface area contributed by atoms with Crippen molar-refractivity contribution < 1.29 is 26.5 Å². The van der Waals surface area contributed by atoms with Gasteiger partial charge in [-0.15, -0.1) is 0 Å². The van der Waals surface area contributed by atoms with Gasteiger partial charge < -0.3 is 26.1 Å². The van der Waals surface area contributed by atoms with Crippen molar-refractivity contribution in [1.29, 1.82) is 0 Å². The molecule has 4 nitrogen and oxygen atoms in total. The highest BCUT2D eigenvalue weighted by Crippen LogP contribution is 2.66. The summed E-state index contributed by atoms with van der Waals surface area (Å²) in [5.41, 5.74) is 0.924. The Kier molecular flexibility index (Phi) is 7.80. The molecule has 0 radical (unpaired) electrons. The molecule has 0 fully saturated rings. The lowest BCUT2D eigenvalue weighted by Gasteiger charge is -2.32. The number of aromatic nitrogens is 2. The van der Waals surface area contributed by atoms with Crippen LogP contribution in [-0.4, -0.2) is 22.0 Å². The third-order valence-corrected chi connectivity index (χ3v) is 10.6. The van der Waals surface area contributed by atoms with Crippen molar-refractivity contribution in [2.24, 2.45) is 0 Å². The molecular weight excluding hydrogens is 519 g/mol. The molecule has 3 aromatic carbocycles. The number of pyridine rings is 1. The summed E-state index contributed by atoms with van der Waals surface area (Å²) in [6.45, 7) is 2.16. The average Bonchev–Trinajstić information content (AvgIpc) is 3.32. The van der Waals surface area contributed by atoms with E-state index in [0.717, 1.165) is 27.3 Å². The quantitative estimate of drug-likeness (QED) is 0.232. The van der Waals surface area contributed by atoms with Gasteiger partial charge in [-0.3, -0.25) is 0 Å². The fourth-order valence-electron chi connectivity index (χ4n) is 4.67. The van der Waals surface area contributed by atoms with Crippen LogP contribution in [0.1, 0.15) is 18.3 Å². The van der Waals surface area contributed by atoms with E-state index in [1.54, 1.807) is 0 Å². The van der Waals surface area contributed by atoms with Crippen LogP contribution in [0.5, 0.6) is 0 Å². The molecule has 0 amide bonds. The largest absolute Gasteiger partial charge is 1.00 e. The van der Waals surface area contributed by atoms with E-state index >= 15 is 0 Å². The van der Waals surface area contributed by atoms with Crippen LogP contribution >= 0.6 is 7.26 Å². The number of carbonyl (C=O) groups excluding carboxylic acids is 1. The number of hydrogen-bond acceptors (Lipinski definition) is 3. The van der Waals surface area contributed by atoms with Crippen LogP contribution in [0, 0.1) is 0 Å². The Balaban J connectivity index is 0.00000289. The highest BCUT2D eigenvalue weighted by molar-refractivity contribution is 7.96. The molecule has 0 aliphatic rings. The summed E-state index contributed by atoms with van der Waals surface area (Å²) in [4.78, 5) is 18.9. The topological polar surface area (TPSA) is 43.6 Å². The van der Waals surface area contributed by atoms with Crippen molar-refractivity contribution >= 4 is 34.8 Å². The molecule has 0 spiro atoms. The van der Waals surface area contributed by atoms with Crippen molar-refractivity contribution in [3.8, 4) is 0 Å². The molecule has 0 saturated carbocycles. The minimum absolute atomic E-state index is 0. The van der Waals surface area contributed by atoms with E-state index < -0.39 is 12.9 Å². The smallest absolute Gasteiger partial charge is 0.354 e. The first kappa shape index (κ1) is 24.8. The van der Waals surface area contributed by atoms with Crippen LogP contribution in [0.25, 0.3) is 5.65 Å². The van der Waals surface area contributed by atoms with Gasteiger partial charge in [0.1, 0.15) is 34.5 Å². The number of halogens is 1. The molecular formula is C29H26BrN2O2P. The Hall–Kier alpha value is -3.27. The predicted octanol–water partition coefficient (Wildman–Crippen LogP) is 1.94. The van der Waals surface area contributed by atoms with Gasteiger partial charge in [0.2, 0.25) is 5.66 Å². The third-order valence-electron chi connectivity index (χ3n) is 6.05. The Bertz CT molecular complexity index is 1260. The Labute approximate surface area is 216 Å². The van der Waals surface area contributed by atoms with Crippen molar-refractivity contribution in [3.05, 3.63) is 127 Å². The molecule has 1 unspecified atom stereocenters. The fraction of sp³-hybridized carbons (Fsp3) is 0.103. The van der Waals surface area contributed by atoms with Crippen LogP contribution in [0.3, 0.4) is 0 Å². The number of esters is 1. The van der Waals surface area contributed by atoms with Crippen LogP contribution < -0.4 is 32.9 Å². The van der Waals surface area contributed by atoms with Crippen LogP contribution in [0.2, 0.25) is 0 Å². The number of ether oxygens (including phenoxy) is 1. The van der Waals surface area contributed by atoms with Gasteiger partial charge >= 0.3 is 5.97 Å². The first-order valence-electron chi connectivity index (χ1n) is 11.4. The van der Waals surface area contributed by atoms with E-state index in [4.69, 9.17) is 9.72 Å². The predicted molar refractivity (Wildman–Crippen MR) is 140 cm³/mol. The zero-order valence-electron chi connectivity index (χ0n) is 19.4. The Morgan fingerprint density at radius 2 is 1.29 bits per heavy atom.